The van der Waals surface area contributed by atoms with Crippen LogP contribution in [0.25, 0.3) is 0 Å². The Bertz CT molecular complexity index is 488. The van der Waals surface area contributed by atoms with E-state index in [0.29, 0.717) is 17.9 Å². The van der Waals surface area contributed by atoms with Crippen LogP contribution in [0, 0.1) is 0 Å². The van der Waals surface area contributed by atoms with Gasteiger partial charge in [-0.3, -0.25) is 4.79 Å². The fourth-order valence-corrected chi connectivity index (χ4v) is 1.49. The molecule has 1 aromatic rings. The molecule has 0 heterocycles. The van der Waals surface area contributed by atoms with Gasteiger partial charge >= 0.3 is 0 Å². The second-order valence-electron chi connectivity index (χ2n) is 4.02. The van der Waals surface area contributed by atoms with E-state index >= 15 is 0 Å². The molecule has 104 valence electrons. The summed E-state index contributed by atoms with van der Waals surface area (Å²) in [4.78, 5) is 10.9. The van der Waals surface area contributed by atoms with Crippen molar-refractivity contribution in [2.24, 2.45) is 16.6 Å². The van der Waals surface area contributed by atoms with Gasteiger partial charge in [0.1, 0.15) is 5.75 Å². The molecule has 1 unspecified atom stereocenters. The SMILES string of the molecule is COc1ccc(CNC(C)C(N)=O)cc1C(N)=NO. The average Bonchev–Trinajstić information content (AvgIpc) is 2.43. The van der Waals surface area contributed by atoms with Crippen molar-refractivity contribution in [1.29, 1.82) is 0 Å². The summed E-state index contributed by atoms with van der Waals surface area (Å²) in [7, 11) is 1.50. The maximum absolute atomic E-state index is 10.9. The van der Waals surface area contributed by atoms with Crippen molar-refractivity contribution in [3.8, 4) is 5.75 Å². The lowest BCUT2D eigenvalue weighted by Crippen LogP contribution is -2.38. The fourth-order valence-electron chi connectivity index (χ4n) is 1.49. The van der Waals surface area contributed by atoms with Crippen LogP contribution >= 0.6 is 0 Å². The minimum Gasteiger partial charge on any atom is -0.496 e. The van der Waals surface area contributed by atoms with Gasteiger partial charge in [-0.25, -0.2) is 0 Å². The third-order valence-electron chi connectivity index (χ3n) is 2.69. The first-order valence-corrected chi connectivity index (χ1v) is 5.67. The van der Waals surface area contributed by atoms with Crippen molar-refractivity contribution in [2.75, 3.05) is 7.11 Å². The number of carbonyl (C=O) groups is 1. The number of oxime groups is 1. The van der Waals surface area contributed by atoms with E-state index in [1.165, 1.54) is 7.11 Å². The van der Waals surface area contributed by atoms with Gasteiger partial charge in [-0.2, -0.15) is 0 Å². The van der Waals surface area contributed by atoms with E-state index in [9.17, 15) is 4.79 Å². The number of nitrogens with zero attached hydrogens (tertiary/aromatic N) is 1. The van der Waals surface area contributed by atoms with Gasteiger partial charge < -0.3 is 26.7 Å². The van der Waals surface area contributed by atoms with Crippen molar-refractivity contribution in [2.45, 2.75) is 19.5 Å². The first-order chi connectivity index (χ1) is 8.99. The van der Waals surface area contributed by atoms with Crippen LogP contribution in [0.1, 0.15) is 18.1 Å². The lowest BCUT2D eigenvalue weighted by molar-refractivity contribution is -0.119. The topological polar surface area (TPSA) is 123 Å². The number of amides is 1. The van der Waals surface area contributed by atoms with Crippen molar-refractivity contribution < 1.29 is 14.7 Å². The molecular weight excluding hydrogens is 248 g/mol. The first kappa shape index (κ1) is 14.8. The Morgan fingerprint density at radius 3 is 2.74 bits per heavy atom. The van der Waals surface area contributed by atoms with E-state index in [1.54, 1.807) is 19.1 Å². The molecule has 1 rings (SSSR count). The lowest BCUT2D eigenvalue weighted by Gasteiger charge is -2.12. The van der Waals surface area contributed by atoms with Crippen LogP contribution < -0.4 is 21.5 Å². The van der Waals surface area contributed by atoms with Crippen LogP contribution in [0.5, 0.6) is 5.75 Å². The molecule has 0 bridgehead atoms. The number of amidine groups is 1. The van der Waals surface area contributed by atoms with E-state index in [0.717, 1.165) is 5.56 Å². The number of hydrogen-bond donors (Lipinski definition) is 4. The Balaban J connectivity index is 2.90. The highest BCUT2D eigenvalue weighted by Gasteiger charge is 2.11. The number of rotatable bonds is 6. The molecule has 7 heteroatoms. The van der Waals surface area contributed by atoms with E-state index in [2.05, 4.69) is 10.5 Å². The Kier molecular flexibility index (Phi) is 5.13. The molecule has 0 aliphatic carbocycles. The largest absolute Gasteiger partial charge is 0.496 e. The van der Waals surface area contributed by atoms with E-state index < -0.39 is 11.9 Å². The second-order valence-corrected chi connectivity index (χ2v) is 4.02. The molecule has 1 aromatic carbocycles. The number of nitrogens with two attached hydrogens (primary N) is 2. The summed E-state index contributed by atoms with van der Waals surface area (Å²) in [5, 5.41) is 14.6. The number of methoxy groups -OCH3 is 1. The molecule has 19 heavy (non-hydrogen) atoms. The molecule has 0 saturated heterocycles. The highest BCUT2D eigenvalue weighted by molar-refractivity contribution is 5.99. The van der Waals surface area contributed by atoms with Crippen molar-refractivity contribution in [1.82, 2.24) is 5.32 Å². The average molecular weight is 266 g/mol. The third kappa shape index (κ3) is 3.85. The predicted molar refractivity (Wildman–Crippen MR) is 71.0 cm³/mol. The highest BCUT2D eigenvalue weighted by Crippen LogP contribution is 2.19. The minimum absolute atomic E-state index is 0.0401. The predicted octanol–water partition coefficient (Wildman–Crippen LogP) is -0.247. The lowest BCUT2D eigenvalue weighted by atomic mass is 10.1. The molecule has 0 aliphatic rings. The van der Waals surface area contributed by atoms with Gasteiger partial charge in [-0.15, -0.1) is 0 Å². The summed E-state index contributed by atoms with van der Waals surface area (Å²) < 4.78 is 5.12. The van der Waals surface area contributed by atoms with Crippen LogP contribution in [-0.2, 0) is 11.3 Å². The number of ether oxygens (including phenoxy) is 1. The molecular formula is C12H18N4O3. The standard InChI is InChI=1S/C12H18N4O3/c1-7(12(14)17)15-6-8-3-4-10(19-2)9(5-8)11(13)16-18/h3-5,7,15,18H,6H2,1-2H3,(H2,13,16)(H2,14,17). The van der Waals surface area contributed by atoms with Gasteiger partial charge in [-0.05, 0) is 24.6 Å². The zero-order chi connectivity index (χ0) is 14.4. The van der Waals surface area contributed by atoms with Gasteiger partial charge in [0.25, 0.3) is 0 Å². The number of benzene rings is 1. The van der Waals surface area contributed by atoms with Crippen LogP contribution in [0.15, 0.2) is 23.4 Å². The summed E-state index contributed by atoms with van der Waals surface area (Å²) in [5.41, 5.74) is 12.1. The zero-order valence-electron chi connectivity index (χ0n) is 10.9. The van der Waals surface area contributed by atoms with Crippen LogP contribution in [0.2, 0.25) is 0 Å². The molecule has 7 nitrogen and oxygen atoms in total. The molecule has 0 radical (unpaired) electrons. The summed E-state index contributed by atoms with van der Waals surface area (Å²) in [6.45, 7) is 2.11. The van der Waals surface area contributed by atoms with E-state index in [-0.39, 0.29) is 5.84 Å². The van der Waals surface area contributed by atoms with Crippen molar-refractivity contribution in [3.63, 3.8) is 0 Å². The molecule has 0 fully saturated rings. The maximum atomic E-state index is 10.9. The Hall–Kier alpha value is -2.28. The molecule has 0 aromatic heterocycles. The molecule has 0 saturated carbocycles. The summed E-state index contributed by atoms with van der Waals surface area (Å²) >= 11 is 0. The Morgan fingerprint density at radius 1 is 1.53 bits per heavy atom. The van der Waals surface area contributed by atoms with Gasteiger partial charge in [0.2, 0.25) is 5.91 Å². The molecule has 1 amide bonds. The quantitative estimate of drug-likeness (QED) is 0.245. The number of carbonyl (C=O) groups excluding carboxylic acids is 1. The van der Waals surface area contributed by atoms with Gasteiger partial charge in [-0.1, -0.05) is 11.2 Å². The molecule has 1 atom stereocenters. The monoisotopic (exact) mass is 266 g/mol. The van der Waals surface area contributed by atoms with Crippen LogP contribution in [-0.4, -0.2) is 30.1 Å². The minimum atomic E-state index is -0.436. The highest BCUT2D eigenvalue weighted by atomic mass is 16.5. The number of hydrogen-bond acceptors (Lipinski definition) is 5. The first-order valence-electron chi connectivity index (χ1n) is 5.67. The maximum Gasteiger partial charge on any atom is 0.234 e. The van der Waals surface area contributed by atoms with Gasteiger partial charge in [0.15, 0.2) is 5.84 Å². The summed E-state index contributed by atoms with van der Waals surface area (Å²) in [6, 6.07) is 4.80. The van der Waals surface area contributed by atoms with E-state index in [1.807, 2.05) is 6.07 Å². The Morgan fingerprint density at radius 2 is 2.21 bits per heavy atom. The van der Waals surface area contributed by atoms with Crippen LogP contribution in [0.4, 0.5) is 0 Å². The molecule has 0 spiro atoms. The van der Waals surface area contributed by atoms with Crippen LogP contribution in [0.3, 0.4) is 0 Å². The summed E-state index contributed by atoms with van der Waals surface area (Å²) in [6.07, 6.45) is 0. The Labute approximate surface area is 111 Å². The normalized spacial score (nSPS) is 13.1. The fraction of sp³-hybridized carbons (Fsp3) is 0.333. The van der Waals surface area contributed by atoms with E-state index in [4.69, 9.17) is 21.4 Å². The molecule has 6 N–H and O–H groups in total. The zero-order valence-corrected chi connectivity index (χ0v) is 10.9. The van der Waals surface area contributed by atoms with Crippen molar-refractivity contribution in [3.05, 3.63) is 29.3 Å². The van der Waals surface area contributed by atoms with Crippen molar-refractivity contribution >= 4 is 11.7 Å². The number of primary amides is 1. The number of nitrogens with one attached hydrogen (secondary N) is 1. The summed E-state index contributed by atoms with van der Waals surface area (Å²) in [5.74, 6) is 0.0359. The van der Waals surface area contributed by atoms with Gasteiger partial charge in [0.05, 0.1) is 18.7 Å². The second kappa shape index (κ2) is 6.60. The smallest absolute Gasteiger partial charge is 0.234 e. The third-order valence-corrected chi connectivity index (χ3v) is 2.69. The van der Waals surface area contributed by atoms with Gasteiger partial charge in [0, 0.05) is 6.54 Å². The molecule has 0 aliphatic heterocycles.